The summed E-state index contributed by atoms with van der Waals surface area (Å²) in [6, 6.07) is 7.26. The number of hydrogen-bond acceptors (Lipinski definition) is 6. The summed E-state index contributed by atoms with van der Waals surface area (Å²) in [4.78, 5) is 31.1. The highest BCUT2D eigenvalue weighted by atomic mass is 35.5. The Balaban J connectivity index is 2.16. The van der Waals surface area contributed by atoms with Crippen LogP contribution in [-0.2, 0) is 19.1 Å². The van der Waals surface area contributed by atoms with E-state index in [1.165, 1.54) is 0 Å². The second-order valence-corrected chi connectivity index (χ2v) is 8.95. The molecule has 162 valence electrons. The highest BCUT2D eigenvalue weighted by Gasteiger charge is 2.48. The van der Waals surface area contributed by atoms with E-state index in [2.05, 4.69) is 13.8 Å². The lowest BCUT2D eigenvalue weighted by atomic mass is 9.63. The van der Waals surface area contributed by atoms with E-state index in [0.29, 0.717) is 42.3 Å². The molecular formula is C23H29ClN2O4. The van der Waals surface area contributed by atoms with Crippen LogP contribution in [0.1, 0.15) is 45.1 Å². The molecule has 3 rings (SSSR count). The number of hydrogen-bond donors (Lipinski definition) is 1. The van der Waals surface area contributed by atoms with Crippen LogP contribution in [0.25, 0.3) is 0 Å². The van der Waals surface area contributed by atoms with E-state index in [0.717, 1.165) is 11.3 Å². The highest BCUT2D eigenvalue weighted by molar-refractivity contribution is 6.30. The zero-order valence-electron chi connectivity index (χ0n) is 17.7. The summed E-state index contributed by atoms with van der Waals surface area (Å²) < 4.78 is 11.0. The standard InChI is InChI=1S/C23H29ClN2O4/c1-4-30-22(28)21-17(13-29-10-9-25)26-16-11-23(2,3)12-18(27)20(16)19(21)14-5-7-15(24)8-6-14/h5-8,19-20H,4,9-13,25H2,1-3H3. The third-order valence-electron chi connectivity index (χ3n) is 5.48. The Kier molecular flexibility index (Phi) is 7.11. The maximum absolute atomic E-state index is 13.3. The normalized spacial score (nSPS) is 23.1. The number of benzene rings is 1. The van der Waals surface area contributed by atoms with Gasteiger partial charge in [-0.1, -0.05) is 37.6 Å². The third-order valence-corrected chi connectivity index (χ3v) is 5.73. The molecule has 1 aromatic carbocycles. The zero-order valence-corrected chi connectivity index (χ0v) is 18.5. The van der Waals surface area contributed by atoms with Crippen molar-refractivity contribution in [1.82, 2.24) is 0 Å². The van der Waals surface area contributed by atoms with Gasteiger partial charge in [-0.05, 0) is 36.5 Å². The first-order chi connectivity index (χ1) is 14.3. The van der Waals surface area contributed by atoms with Crippen LogP contribution >= 0.6 is 11.6 Å². The maximum Gasteiger partial charge on any atom is 0.336 e. The molecule has 2 N–H and O–H groups in total. The maximum atomic E-state index is 13.3. The Bertz CT molecular complexity index is 874. The molecule has 1 heterocycles. The van der Waals surface area contributed by atoms with Crippen molar-refractivity contribution in [3.8, 4) is 0 Å². The molecule has 0 bridgehead atoms. The first kappa shape index (κ1) is 22.7. The number of fused-ring (bicyclic) bond motifs is 1. The van der Waals surface area contributed by atoms with E-state index in [4.69, 9.17) is 31.8 Å². The van der Waals surface area contributed by atoms with Crippen molar-refractivity contribution >= 4 is 29.1 Å². The summed E-state index contributed by atoms with van der Waals surface area (Å²) in [6.07, 6.45) is 1.12. The van der Waals surface area contributed by atoms with Gasteiger partial charge in [0, 0.05) is 29.6 Å². The number of Topliss-reactive ketones (excluding diaryl/α,β-unsaturated/α-hetero) is 1. The molecule has 0 saturated heterocycles. The molecule has 0 amide bonds. The minimum atomic E-state index is -0.489. The van der Waals surface area contributed by atoms with Gasteiger partial charge in [0.05, 0.1) is 37.0 Å². The fourth-order valence-electron chi connectivity index (χ4n) is 4.34. The number of carbonyl (C=O) groups is 2. The van der Waals surface area contributed by atoms with Crippen LogP contribution in [0, 0.1) is 11.3 Å². The average Bonchev–Trinajstić information content (AvgIpc) is 2.67. The summed E-state index contributed by atoms with van der Waals surface area (Å²) in [6.45, 7) is 6.98. The average molecular weight is 433 g/mol. The Labute approximate surface area is 182 Å². The highest BCUT2D eigenvalue weighted by Crippen LogP contribution is 2.47. The predicted octanol–water partition coefficient (Wildman–Crippen LogP) is 3.68. The van der Waals surface area contributed by atoms with Crippen molar-refractivity contribution < 1.29 is 19.1 Å². The van der Waals surface area contributed by atoms with Crippen molar-refractivity contribution in [2.45, 2.75) is 39.5 Å². The van der Waals surface area contributed by atoms with Gasteiger partial charge in [0.2, 0.25) is 0 Å². The van der Waals surface area contributed by atoms with Gasteiger partial charge in [0.15, 0.2) is 0 Å². The van der Waals surface area contributed by atoms with Crippen LogP contribution < -0.4 is 5.73 Å². The number of carbonyl (C=O) groups excluding carboxylic acids is 2. The lowest BCUT2D eigenvalue weighted by molar-refractivity contribution is -0.139. The van der Waals surface area contributed by atoms with Gasteiger partial charge in [-0.3, -0.25) is 9.79 Å². The Morgan fingerprint density at radius 1 is 1.23 bits per heavy atom. The van der Waals surface area contributed by atoms with Gasteiger partial charge in [-0.2, -0.15) is 0 Å². The van der Waals surface area contributed by atoms with Crippen molar-refractivity contribution in [3.05, 3.63) is 46.1 Å². The van der Waals surface area contributed by atoms with E-state index in [1.807, 2.05) is 12.1 Å². The van der Waals surface area contributed by atoms with E-state index in [1.54, 1.807) is 19.1 Å². The van der Waals surface area contributed by atoms with E-state index in [9.17, 15) is 9.59 Å². The van der Waals surface area contributed by atoms with Crippen LogP contribution in [0.15, 0.2) is 40.5 Å². The molecule has 1 aromatic rings. The number of ketones is 1. The molecule has 1 fully saturated rings. The molecule has 7 heteroatoms. The topological polar surface area (TPSA) is 91.0 Å². The van der Waals surface area contributed by atoms with Gasteiger partial charge < -0.3 is 15.2 Å². The summed E-state index contributed by atoms with van der Waals surface area (Å²) in [5.74, 6) is -1.34. The molecule has 6 nitrogen and oxygen atoms in total. The van der Waals surface area contributed by atoms with Crippen LogP contribution in [0.5, 0.6) is 0 Å². The largest absolute Gasteiger partial charge is 0.463 e. The molecular weight excluding hydrogens is 404 g/mol. The summed E-state index contributed by atoms with van der Waals surface area (Å²) in [7, 11) is 0. The molecule has 30 heavy (non-hydrogen) atoms. The lowest BCUT2D eigenvalue weighted by Gasteiger charge is -2.41. The molecule has 0 radical (unpaired) electrons. The summed E-state index contributed by atoms with van der Waals surface area (Å²) in [5.41, 5.74) is 7.91. The summed E-state index contributed by atoms with van der Waals surface area (Å²) >= 11 is 6.09. The molecule has 2 unspecified atom stereocenters. The fourth-order valence-corrected chi connectivity index (χ4v) is 4.47. The van der Waals surface area contributed by atoms with Crippen LogP contribution in [-0.4, -0.2) is 43.8 Å². The molecule has 1 saturated carbocycles. The van der Waals surface area contributed by atoms with Crippen molar-refractivity contribution in [2.75, 3.05) is 26.4 Å². The van der Waals surface area contributed by atoms with E-state index >= 15 is 0 Å². The first-order valence-corrected chi connectivity index (χ1v) is 10.7. The molecule has 0 aromatic heterocycles. The number of halogens is 1. The van der Waals surface area contributed by atoms with Crippen molar-refractivity contribution in [2.24, 2.45) is 22.1 Å². The molecule has 1 aliphatic heterocycles. The van der Waals surface area contributed by atoms with Crippen LogP contribution in [0.2, 0.25) is 5.02 Å². The monoisotopic (exact) mass is 432 g/mol. The predicted molar refractivity (Wildman–Crippen MR) is 117 cm³/mol. The molecule has 1 aliphatic carbocycles. The quantitative estimate of drug-likeness (QED) is 0.524. The Morgan fingerprint density at radius 3 is 2.57 bits per heavy atom. The number of esters is 1. The molecule has 2 atom stereocenters. The number of ether oxygens (including phenoxy) is 2. The molecule has 2 aliphatic rings. The third kappa shape index (κ3) is 4.82. The SMILES string of the molecule is CCOC(=O)C1=C(COCCN)N=C2CC(C)(C)CC(=O)C2C1c1ccc(Cl)cc1. The van der Waals surface area contributed by atoms with Crippen LogP contribution in [0.4, 0.5) is 0 Å². The number of aliphatic imine (C=N–C) groups is 1. The Hall–Kier alpha value is -2.02. The number of nitrogens with zero attached hydrogens (tertiary/aromatic N) is 1. The molecule has 0 spiro atoms. The Morgan fingerprint density at radius 2 is 1.93 bits per heavy atom. The van der Waals surface area contributed by atoms with Gasteiger partial charge in [0.25, 0.3) is 0 Å². The second kappa shape index (κ2) is 9.41. The summed E-state index contributed by atoms with van der Waals surface area (Å²) in [5, 5.41) is 0.590. The first-order valence-electron chi connectivity index (χ1n) is 10.3. The minimum Gasteiger partial charge on any atom is -0.463 e. The minimum absolute atomic E-state index is 0.0914. The van der Waals surface area contributed by atoms with E-state index in [-0.39, 0.29) is 24.4 Å². The van der Waals surface area contributed by atoms with Crippen molar-refractivity contribution in [1.29, 1.82) is 0 Å². The van der Waals surface area contributed by atoms with E-state index < -0.39 is 17.8 Å². The van der Waals surface area contributed by atoms with Gasteiger partial charge in [0.1, 0.15) is 5.78 Å². The van der Waals surface area contributed by atoms with Gasteiger partial charge >= 0.3 is 5.97 Å². The second-order valence-electron chi connectivity index (χ2n) is 8.52. The lowest BCUT2D eigenvalue weighted by Crippen LogP contribution is -2.44. The van der Waals surface area contributed by atoms with Crippen LogP contribution in [0.3, 0.4) is 0 Å². The smallest absolute Gasteiger partial charge is 0.336 e. The number of rotatable bonds is 7. The van der Waals surface area contributed by atoms with Gasteiger partial charge in [-0.25, -0.2) is 4.79 Å². The fraction of sp³-hybridized carbons (Fsp3) is 0.522. The van der Waals surface area contributed by atoms with Gasteiger partial charge in [-0.15, -0.1) is 0 Å². The zero-order chi connectivity index (χ0) is 21.9. The number of nitrogens with two attached hydrogens (primary N) is 1. The van der Waals surface area contributed by atoms with Crippen molar-refractivity contribution in [3.63, 3.8) is 0 Å².